The van der Waals surface area contributed by atoms with Crippen LogP contribution in [0.2, 0.25) is 0 Å². The van der Waals surface area contributed by atoms with Crippen molar-refractivity contribution in [3.05, 3.63) is 59.7 Å². The minimum Gasteiger partial charge on any atom is -0.326 e. The van der Waals surface area contributed by atoms with Crippen molar-refractivity contribution in [2.24, 2.45) is 5.73 Å². The van der Waals surface area contributed by atoms with E-state index < -0.39 is 0 Å². The Bertz CT molecular complexity index is 505. The Morgan fingerprint density at radius 1 is 1.00 bits per heavy atom. The molecule has 2 heteroatoms. The molecule has 0 radical (unpaired) electrons. The molecular weight excluding hydrogens is 250 g/mol. The number of hydrogen-bond donors (Lipinski definition) is 1. The molecule has 0 saturated carbocycles. The van der Waals surface area contributed by atoms with Crippen LogP contribution < -0.4 is 5.73 Å². The average molecular weight is 271 g/mol. The Balaban J connectivity index is 2.13. The van der Waals surface area contributed by atoms with Gasteiger partial charge in [-0.05, 0) is 34.4 Å². The summed E-state index contributed by atoms with van der Waals surface area (Å²) in [4.78, 5) is 0. The molecular formula is C17H21NS. The number of nitrogens with two attached hydrogens (primary N) is 1. The molecule has 0 saturated heterocycles. The molecule has 2 aromatic carbocycles. The first kappa shape index (κ1) is 14.2. The number of benzene rings is 2. The molecule has 0 spiro atoms. The fraction of sp³-hybridized carbons (Fsp3) is 0.294. The molecule has 100 valence electrons. The zero-order valence-electron chi connectivity index (χ0n) is 11.4. The zero-order valence-corrected chi connectivity index (χ0v) is 12.2. The SMILES string of the molecule is CCCSCc1ccc(-c2ccccc2CN)cc1. The van der Waals surface area contributed by atoms with Gasteiger partial charge in [-0.2, -0.15) is 11.8 Å². The molecule has 0 unspecified atom stereocenters. The third kappa shape index (κ3) is 3.85. The Morgan fingerprint density at radius 3 is 2.42 bits per heavy atom. The van der Waals surface area contributed by atoms with Gasteiger partial charge in [0.15, 0.2) is 0 Å². The summed E-state index contributed by atoms with van der Waals surface area (Å²) in [6, 6.07) is 17.2. The summed E-state index contributed by atoms with van der Waals surface area (Å²) >= 11 is 2.00. The van der Waals surface area contributed by atoms with Gasteiger partial charge in [-0.25, -0.2) is 0 Å². The lowest BCUT2D eigenvalue weighted by molar-refractivity contribution is 1.07. The molecule has 0 amide bonds. The first-order valence-corrected chi connectivity index (χ1v) is 7.95. The molecule has 2 N–H and O–H groups in total. The van der Waals surface area contributed by atoms with Gasteiger partial charge < -0.3 is 5.73 Å². The summed E-state index contributed by atoms with van der Waals surface area (Å²) in [6.45, 7) is 2.81. The molecule has 19 heavy (non-hydrogen) atoms. The lowest BCUT2D eigenvalue weighted by Gasteiger charge is -2.08. The number of rotatable bonds is 6. The Kier molecular flexibility index (Phi) is 5.49. The van der Waals surface area contributed by atoms with Crippen molar-refractivity contribution >= 4 is 11.8 Å². The van der Waals surface area contributed by atoms with E-state index in [9.17, 15) is 0 Å². The highest BCUT2D eigenvalue weighted by Crippen LogP contribution is 2.24. The smallest absolute Gasteiger partial charge is 0.0184 e. The first-order chi connectivity index (χ1) is 9.35. The topological polar surface area (TPSA) is 26.0 Å². The first-order valence-electron chi connectivity index (χ1n) is 6.80. The highest BCUT2D eigenvalue weighted by Gasteiger charge is 2.03. The second kappa shape index (κ2) is 7.37. The molecule has 0 aliphatic rings. The predicted octanol–water partition coefficient (Wildman–Crippen LogP) is 4.46. The van der Waals surface area contributed by atoms with Crippen molar-refractivity contribution in [2.45, 2.75) is 25.6 Å². The molecule has 2 rings (SSSR count). The van der Waals surface area contributed by atoms with Crippen LogP contribution in [0.1, 0.15) is 24.5 Å². The van der Waals surface area contributed by atoms with Gasteiger partial charge in [-0.1, -0.05) is 55.5 Å². The Labute approximate surface area is 120 Å². The van der Waals surface area contributed by atoms with Gasteiger partial charge in [-0.15, -0.1) is 0 Å². The highest BCUT2D eigenvalue weighted by atomic mass is 32.2. The van der Waals surface area contributed by atoms with Crippen LogP contribution in [-0.4, -0.2) is 5.75 Å². The lowest BCUT2D eigenvalue weighted by atomic mass is 9.99. The number of thioether (sulfide) groups is 1. The Hall–Kier alpha value is -1.25. The maximum atomic E-state index is 5.80. The zero-order chi connectivity index (χ0) is 13.5. The van der Waals surface area contributed by atoms with E-state index in [-0.39, 0.29) is 0 Å². The van der Waals surface area contributed by atoms with E-state index in [1.54, 1.807) is 0 Å². The van der Waals surface area contributed by atoms with E-state index in [2.05, 4.69) is 49.4 Å². The Morgan fingerprint density at radius 2 is 1.74 bits per heavy atom. The van der Waals surface area contributed by atoms with Crippen LogP contribution in [0.15, 0.2) is 48.5 Å². The predicted molar refractivity (Wildman–Crippen MR) is 86.2 cm³/mol. The summed E-state index contributed by atoms with van der Waals surface area (Å²) in [5.41, 5.74) is 10.9. The average Bonchev–Trinajstić information content (AvgIpc) is 2.48. The van der Waals surface area contributed by atoms with Gasteiger partial charge in [0, 0.05) is 12.3 Å². The molecule has 0 aliphatic carbocycles. The normalized spacial score (nSPS) is 10.6. The van der Waals surface area contributed by atoms with Crippen molar-refractivity contribution < 1.29 is 0 Å². The third-order valence-corrected chi connectivity index (χ3v) is 4.35. The maximum Gasteiger partial charge on any atom is 0.0184 e. The second-order valence-electron chi connectivity index (χ2n) is 4.61. The van der Waals surface area contributed by atoms with Gasteiger partial charge in [0.05, 0.1) is 0 Å². The quantitative estimate of drug-likeness (QED) is 0.785. The van der Waals surface area contributed by atoms with Crippen LogP contribution in [0.25, 0.3) is 11.1 Å². The molecule has 0 fully saturated rings. The molecule has 0 heterocycles. The fourth-order valence-corrected chi connectivity index (χ4v) is 2.96. The molecule has 0 aliphatic heterocycles. The largest absolute Gasteiger partial charge is 0.326 e. The van der Waals surface area contributed by atoms with Crippen LogP contribution in [0, 0.1) is 0 Å². The van der Waals surface area contributed by atoms with Crippen molar-refractivity contribution in [2.75, 3.05) is 5.75 Å². The third-order valence-electron chi connectivity index (χ3n) is 3.12. The van der Waals surface area contributed by atoms with Crippen LogP contribution in [0.3, 0.4) is 0 Å². The van der Waals surface area contributed by atoms with Crippen LogP contribution in [0.5, 0.6) is 0 Å². The van der Waals surface area contributed by atoms with Crippen molar-refractivity contribution in [3.63, 3.8) is 0 Å². The van der Waals surface area contributed by atoms with Crippen LogP contribution in [0.4, 0.5) is 0 Å². The van der Waals surface area contributed by atoms with Crippen molar-refractivity contribution in [1.29, 1.82) is 0 Å². The standard InChI is InChI=1S/C17H21NS/c1-2-11-19-13-14-7-9-15(10-8-14)17-6-4-3-5-16(17)12-18/h3-10H,2,11-13,18H2,1H3. The minimum atomic E-state index is 0.588. The highest BCUT2D eigenvalue weighted by molar-refractivity contribution is 7.98. The van der Waals surface area contributed by atoms with E-state index in [4.69, 9.17) is 5.73 Å². The van der Waals surface area contributed by atoms with Gasteiger partial charge in [0.2, 0.25) is 0 Å². The summed E-state index contributed by atoms with van der Waals surface area (Å²) in [7, 11) is 0. The van der Waals surface area contributed by atoms with Crippen LogP contribution >= 0.6 is 11.8 Å². The second-order valence-corrected chi connectivity index (χ2v) is 5.72. The summed E-state index contributed by atoms with van der Waals surface area (Å²) < 4.78 is 0. The summed E-state index contributed by atoms with van der Waals surface area (Å²) in [6.07, 6.45) is 1.24. The minimum absolute atomic E-state index is 0.588. The fourth-order valence-electron chi connectivity index (χ4n) is 2.09. The van der Waals surface area contributed by atoms with Crippen LogP contribution in [-0.2, 0) is 12.3 Å². The molecule has 0 aromatic heterocycles. The van der Waals surface area contributed by atoms with E-state index in [1.165, 1.54) is 34.4 Å². The number of hydrogen-bond acceptors (Lipinski definition) is 2. The molecule has 0 atom stereocenters. The van der Waals surface area contributed by atoms with Gasteiger partial charge >= 0.3 is 0 Å². The lowest BCUT2D eigenvalue weighted by Crippen LogP contribution is -1.98. The van der Waals surface area contributed by atoms with Crippen molar-refractivity contribution in [1.82, 2.24) is 0 Å². The molecule has 1 nitrogen and oxygen atoms in total. The maximum absolute atomic E-state index is 5.80. The monoisotopic (exact) mass is 271 g/mol. The van der Waals surface area contributed by atoms with E-state index in [1.807, 2.05) is 17.8 Å². The van der Waals surface area contributed by atoms with Gasteiger partial charge in [0.1, 0.15) is 0 Å². The van der Waals surface area contributed by atoms with E-state index in [0.29, 0.717) is 6.54 Å². The molecule has 0 bridgehead atoms. The van der Waals surface area contributed by atoms with E-state index in [0.717, 1.165) is 5.75 Å². The molecule has 2 aromatic rings. The summed E-state index contributed by atoms with van der Waals surface area (Å²) in [5, 5.41) is 0. The summed E-state index contributed by atoms with van der Waals surface area (Å²) in [5.74, 6) is 2.34. The van der Waals surface area contributed by atoms with Crippen molar-refractivity contribution in [3.8, 4) is 11.1 Å². The van der Waals surface area contributed by atoms with Gasteiger partial charge in [0.25, 0.3) is 0 Å². The van der Waals surface area contributed by atoms with E-state index >= 15 is 0 Å². The van der Waals surface area contributed by atoms with Gasteiger partial charge in [-0.3, -0.25) is 0 Å².